The summed E-state index contributed by atoms with van der Waals surface area (Å²) in [5.74, 6) is 0. The van der Waals surface area contributed by atoms with Crippen molar-refractivity contribution in [3.05, 3.63) is 34.9 Å². The van der Waals surface area contributed by atoms with Crippen LogP contribution in [0.2, 0.25) is 0 Å². The molecule has 0 N–H and O–H groups in total. The highest BCUT2D eigenvalue weighted by Gasteiger charge is 2.18. The van der Waals surface area contributed by atoms with Gasteiger partial charge in [0.05, 0.1) is 6.16 Å². The van der Waals surface area contributed by atoms with Crippen molar-refractivity contribution in [1.82, 2.24) is 0 Å². The van der Waals surface area contributed by atoms with Gasteiger partial charge in [-0.1, -0.05) is 34.9 Å². The maximum Gasteiger partial charge on any atom is 0.333 e. The van der Waals surface area contributed by atoms with E-state index in [2.05, 4.69) is 39.8 Å². The maximum absolute atomic E-state index is 11.9. The van der Waals surface area contributed by atoms with Crippen molar-refractivity contribution in [2.75, 3.05) is 20.4 Å². The summed E-state index contributed by atoms with van der Waals surface area (Å²) in [6, 6.07) is 0. The van der Waals surface area contributed by atoms with Crippen LogP contribution in [0.15, 0.2) is 34.9 Å². The van der Waals surface area contributed by atoms with Gasteiger partial charge in [-0.05, 0) is 53.4 Å². The molecular formula is C17H31O3P. The highest BCUT2D eigenvalue weighted by atomic mass is 31.2. The van der Waals surface area contributed by atoms with Gasteiger partial charge in [-0.3, -0.25) is 4.57 Å². The summed E-state index contributed by atoms with van der Waals surface area (Å²) in [4.78, 5) is 0. The molecule has 0 aliphatic carbocycles. The molecule has 0 saturated heterocycles. The van der Waals surface area contributed by atoms with Gasteiger partial charge in [0.25, 0.3) is 0 Å². The minimum absolute atomic E-state index is 0.342. The van der Waals surface area contributed by atoms with Crippen molar-refractivity contribution in [3.63, 3.8) is 0 Å². The Morgan fingerprint density at radius 3 is 1.81 bits per heavy atom. The largest absolute Gasteiger partial charge is 0.333 e. The molecule has 0 aromatic heterocycles. The van der Waals surface area contributed by atoms with Gasteiger partial charge in [-0.15, -0.1) is 0 Å². The smallest absolute Gasteiger partial charge is 0.312 e. The van der Waals surface area contributed by atoms with Crippen molar-refractivity contribution >= 4 is 7.60 Å². The Balaban J connectivity index is 4.15. The van der Waals surface area contributed by atoms with Crippen molar-refractivity contribution in [3.8, 4) is 0 Å². The van der Waals surface area contributed by atoms with E-state index in [9.17, 15) is 4.57 Å². The second kappa shape index (κ2) is 11.0. The molecule has 0 rings (SSSR count). The zero-order valence-electron chi connectivity index (χ0n) is 14.4. The Bertz CT molecular complexity index is 421. The molecule has 4 heteroatoms. The van der Waals surface area contributed by atoms with E-state index in [0.29, 0.717) is 6.16 Å². The lowest BCUT2D eigenvalue weighted by molar-refractivity contribution is 0.279. The van der Waals surface area contributed by atoms with Gasteiger partial charge in [0.1, 0.15) is 0 Å². The fourth-order valence-corrected chi connectivity index (χ4v) is 2.81. The van der Waals surface area contributed by atoms with Crippen LogP contribution in [0.5, 0.6) is 0 Å². The van der Waals surface area contributed by atoms with Crippen LogP contribution in [-0.2, 0) is 13.6 Å². The standard InChI is InChI=1S/C17H31O3P/c1-15(2)9-7-10-16(3)11-8-12-17(4)13-14-21(18,19-5)20-6/h9,11,13H,7-8,10,12,14H2,1-6H3/b16-11+,17-13+. The van der Waals surface area contributed by atoms with Gasteiger partial charge in [0, 0.05) is 14.2 Å². The van der Waals surface area contributed by atoms with Crippen LogP contribution in [0.25, 0.3) is 0 Å². The van der Waals surface area contributed by atoms with Crippen LogP contribution in [0.1, 0.15) is 53.4 Å². The summed E-state index contributed by atoms with van der Waals surface area (Å²) in [5.41, 5.74) is 4.03. The average molecular weight is 314 g/mol. The molecule has 21 heavy (non-hydrogen) atoms. The average Bonchev–Trinajstić information content (AvgIpc) is 2.44. The first kappa shape index (κ1) is 20.4. The normalized spacial score (nSPS) is 13.4. The molecule has 0 saturated carbocycles. The molecule has 0 heterocycles. The molecule has 0 radical (unpaired) electrons. The van der Waals surface area contributed by atoms with Crippen molar-refractivity contribution < 1.29 is 13.6 Å². The molecule has 0 aromatic rings. The molecule has 0 spiro atoms. The second-order valence-corrected chi connectivity index (χ2v) is 7.94. The lowest BCUT2D eigenvalue weighted by atomic mass is 10.1. The highest BCUT2D eigenvalue weighted by Crippen LogP contribution is 2.46. The van der Waals surface area contributed by atoms with Crippen molar-refractivity contribution in [2.45, 2.75) is 53.4 Å². The van der Waals surface area contributed by atoms with Gasteiger partial charge >= 0.3 is 7.60 Å². The summed E-state index contributed by atoms with van der Waals surface area (Å²) in [7, 11) is -0.0635. The van der Waals surface area contributed by atoms with E-state index in [-0.39, 0.29) is 0 Å². The van der Waals surface area contributed by atoms with Crippen LogP contribution in [-0.4, -0.2) is 20.4 Å². The summed E-state index contributed by atoms with van der Waals surface area (Å²) < 4.78 is 21.7. The molecule has 0 atom stereocenters. The van der Waals surface area contributed by atoms with E-state index in [0.717, 1.165) is 25.7 Å². The van der Waals surface area contributed by atoms with E-state index < -0.39 is 7.60 Å². The quantitative estimate of drug-likeness (QED) is 0.372. The summed E-state index contributed by atoms with van der Waals surface area (Å²) in [6.07, 6.45) is 11.1. The molecule has 0 bridgehead atoms. The Hall–Kier alpha value is -0.630. The molecule has 0 aliphatic rings. The zero-order chi connectivity index (χ0) is 16.3. The van der Waals surface area contributed by atoms with Gasteiger partial charge in [0.2, 0.25) is 0 Å². The van der Waals surface area contributed by atoms with E-state index >= 15 is 0 Å². The van der Waals surface area contributed by atoms with E-state index in [1.165, 1.54) is 30.9 Å². The van der Waals surface area contributed by atoms with Crippen LogP contribution >= 0.6 is 7.60 Å². The van der Waals surface area contributed by atoms with Crippen molar-refractivity contribution in [1.29, 1.82) is 0 Å². The SMILES string of the molecule is COP(=O)(C/C=C(\C)CC/C=C(\C)CCC=C(C)C)OC. The summed E-state index contributed by atoms with van der Waals surface area (Å²) in [6.45, 7) is 8.50. The lowest BCUT2D eigenvalue weighted by Crippen LogP contribution is -1.93. The third kappa shape index (κ3) is 10.7. The number of allylic oxidation sites excluding steroid dienone is 6. The first-order chi connectivity index (χ1) is 9.83. The predicted octanol–water partition coefficient (Wildman–Crippen LogP) is 5.89. The fourth-order valence-electron chi connectivity index (χ4n) is 1.83. The molecule has 0 aromatic carbocycles. The molecule has 0 unspecified atom stereocenters. The molecule has 0 amide bonds. The number of hydrogen-bond donors (Lipinski definition) is 0. The van der Waals surface area contributed by atoms with Gasteiger partial charge in [-0.25, -0.2) is 0 Å². The predicted molar refractivity (Wildman–Crippen MR) is 91.9 cm³/mol. The molecule has 3 nitrogen and oxygen atoms in total. The molecule has 0 fully saturated rings. The topological polar surface area (TPSA) is 35.5 Å². The zero-order valence-corrected chi connectivity index (χ0v) is 15.3. The molecule has 0 aliphatic heterocycles. The summed E-state index contributed by atoms with van der Waals surface area (Å²) in [5, 5.41) is 0. The Morgan fingerprint density at radius 2 is 1.33 bits per heavy atom. The Kier molecular flexibility index (Phi) is 10.7. The van der Waals surface area contributed by atoms with Crippen LogP contribution in [0, 0.1) is 0 Å². The number of hydrogen-bond acceptors (Lipinski definition) is 3. The third-order valence-electron chi connectivity index (χ3n) is 3.34. The third-order valence-corrected chi connectivity index (χ3v) is 5.08. The fraction of sp³-hybridized carbons (Fsp3) is 0.647. The second-order valence-electron chi connectivity index (χ2n) is 5.62. The Labute approximate surface area is 130 Å². The van der Waals surface area contributed by atoms with E-state index in [1.807, 2.05) is 6.08 Å². The minimum atomic E-state index is -2.91. The highest BCUT2D eigenvalue weighted by molar-refractivity contribution is 7.54. The first-order valence-electron chi connectivity index (χ1n) is 7.48. The maximum atomic E-state index is 11.9. The van der Waals surface area contributed by atoms with E-state index in [4.69, 9.17) is 9.05 Å². The van der Waals surface area contributed by atoms with Crippen molar-refractivity contribution in [2.24, 2.45) is 0 Å². The monoisotopic (exact) mass is 314 g/mol. The van der Waals surface area contributed by atoms with Gasteiger partial charge < -0.3 is 9.05 Å². The molecule has 122 valence electrons. The summed E-state index contributed by atoms with van der Waals surface area (Å²) >= 11 is 0. The van der Waals surface area contributed by atoms with E-state index in [1.54, 1.807) is 0 Å². The lowest BCUT2D eigenvalue weighted by Gasteiger charge is -2.11. The van der Waals surface area contributed by atoms with Crippen LogP contribution in [0.4, 0.5) is 0 Å². The Morgan fingerprint density at radius 1 is 0.857 bits per heavy atom. The number of rotatable bonds is 10. The first-order valence-corrected chi connectivity index (χ1v) is 9.21. The van der Waals surface area contributed by atoms with Gasteiger partial charge in [-0.2, -0.15) is 0 Å². The molecular weight excluding hydrogens is 283 g/mol. The van der Waals surface area contributed by atoms with Crippen LogP contribution in [0.3, 0.4) is 0 Å². The minimum Gasteiger partial charge on any atom is -0.312 e. The van der Waals surface area contributed by atoms with Gasteiger partial charge in [0.15, 0.2) is 0 Å². The van der Waals surface area contributed by atoms with Crippen LogP contribution < -0.4 is 0 Å².